The first-order chi connectivity index (χ1) is 11.3. The predicted molar refractivity (Wildman–Crippen MR) is 92.2 cm³/mol. The quantitative estimate of drug-likeness (QED) is 0.848. The van der Waals surface area contributed by atoms with Crippen LogP contribution in [-0.2, 0) is 9.84 Å². The van der Waals surface area contributed by atoms with Crippen molar-refractivity contribution in [3.63, 3.8) is 0 Å². The molecule has 2 aromatic rings. The third kappa shape index (κ3) is 2.96. The first-order valence-corrected chi connectivity index (χ1v) is 9.70. The summed E-state index contributed by atoms with van der Waals surface area (Å²) in [4.78, 5) is 14.3. The summed E-state index contributed by atoms with van der Waals surface area (Å²) >= 11 is 0. The fourth-order valence-electron chi connectivity index (χ4n) is 3.10. The van der Waals surface area contributed by atoms with E-state index in [0.717, 1.165) is 16.9 Å². The monoisotopic (exact) mass is 347 g/mol. The molecule has 1 atom stereocenters. The minimum Gasteiger partial charge on any atom is -0.338 e. The maximum atomic E-state index is 12.8. The molecule has 0 radical (unpaired) electrons. The van der Waals surface area contributed by atoms with Crippen LogP contribution in [0.2, 0.25) is 0 Å². The van der Waals surface area contributed by atoms with Crippen molar-refractivity contribution in [2.75, 3.05) is 18.6 Å². The number of benzene rings is 1. The lowest BCUT2D eigenvalue weighted by molar-refractivity contribution is 0.0747. The zero-order valence-corrected chi connectivity index (χ0v) is 14.9. The number of hydrogen-bond acceptors (Lipinski definition) is 4. The van der Waals surface area contributed by atoms with Gasteiger partial charge < -0.3 is 4.90 Å². The van der Waals surface area contributed by atoms with Gasteiger partial charge in [-0.15, -0.1) is 0 Å². The summed E-state index contributed by atoms with van der Waals surface area (Å²) in [6, 6.07) is 7.58. The van der Waals surface area contributed by atoms with Crippen LogP contribution >= 0.6 is 0 Å². The summed E-state index contributed by atoms with van der Waals surface area (Å²) in [6.45, 7) is 3.85. The van der Waals surface area contributed by atoms with Crippen molar-refractivity contribution in [2.45, 2.75) is 26.3 Å². The number of aryl methyl sites for hydroxylation is 1. The van der Waals surface area contributed by atoms with Gasteiger partial charge in [0.1, 0.15) is 0 Å². The smallest absolute Gasteiger partial charge is 0.257 e. The third-order valence-corrected chi connectivity index (χ3v) is 6.41. The van der Waals surface area contributed by atoms with E-state index in [4.69, 9.17) is 0 Å². The van der Waals surface area contributed by atoms with Gasteiger partial charge in [0.25, 0.3) is 5.91 Å². The summed E-state index contributed by atoms with van der Waals surface area (Å²) in [6.07, 6.45) is 2.06. The zero-order valence-electron chi connectivity index (χ0n) is 14.1. The van der Waals surface area contributed by atoms with Crippen LogP contribution in [0.3, 0.4) is 0 Å². The summed E-state index contributed by atoms with van der Waals surface area (Å²) < 4.78 is 25.0. The fraction of sp³-hybridized carbons (Fsp3) is 0.412. The van der Waals surface area contributed by atoms with E-state index in [1.807, 2.05) is 38.1 Å². The molecular weight excluding hydrogens is 326 g/mol. The Labute approximate surface area is 142 Å². The molecule has 6 nitrogen and oxygen atoms in total. The average Bonchev–Trinajstić information content (AvgIpc) is 3.09. The van der Waals surface area contributed by atoms with Crippen LogP contribution in [0.5, 0.6) is 0 Å². The molecule has 7 heteroatoms. The molecule has 1 aromatic heterocycles. The molecule has 3 rings (SSSR count). The molecule has 128 valence electrons. The summed E-state index contributed by atoms with van der Waals surface area (Å²) in [5, 5.41) is 4.36. The predicted octanol–water partition coefficient (Wildman–Crippen LogP) is 1.75. The fourth-order valence-corrected chi connectivity index (χ4v) is 4.87. The molecule has 1 saturated heterocycles. The molecule has 1 aromatic carbocycles. The lowest BCUT2D eigenvalue weighted by Gasteiger charge is -2.23. The van der Waals surface area contributed by atoms with E-state index < -0.39 is 9.84 Å². The Bertz CT molecular complexity index is 886. The largest absolute Gasteiger partial charge is 0.338 e. The van der Waals surface area contributed by atoms with Crippen LogP contribution in [0.15, 0.2) is 30.5 Å². The van der Waals surface area contributed by atoms with Crippen LogP contribution in [0.1, 0.15) is 28.0 Å². The maximum absolute atomic E-state index is 12.8. The normalized spacial score (nSPS) is 19.4. The van der Waals surface area contributed by atoms with E-state index in [0.29, 0.717) is 12.0 Å². The van der Waals surface area contributed by atoms with Crippen molar-refractivity contribution >= 4 is 15.7 Å². The number of carbonyl (C=O) groups excluding carboxylic acids is 1. The minimum absolute atomic E-state index is 0.0419. The number of hydrogen-bond donors (Lipinski definition) is 0. The van der Waals surface area contributed by atoms with Gasteiger partial charge in [0.15, 0.2) is 9.84 Å². The molecule has 0 saturated carbocycles. The lowest BCUT2D eigenvalue weighted by atomic mass is 10.1. The second-order valence-corrected chi connectivity index (χ2v) is 8.54. The Kier molecular flexibility index (Phi) is 4.21. The van der Waals surface area contributed by atoms with Crippen LogP contribution in [0.4, 0.5) is 0 Å². The second kappa shape index (κ2) is 6.05. The van der Waals surface area contributed by atoms with Crippen molar-refractivity contribution in [3.05, 3.63) is 47.3 Å². The molecule has 0 N–H and O–H groups in total. The molecule has 1 aliphatic rings. The van der Waals surface area contributed by atoms with E-state index in [2.05, 4.69) is 5.10 Å². The maximum Gasteiger partial charge on any atom is 0.257 e. The molecule has 1 amide bonds. The molecule has 0 spiro atoms. The van der Waals surface area contributed by atoms with Crippen molar-refractivity contribution in [1.82, 2.24) is 14.7 Å². The summed E-state index contributed by atoms with van der Waals surface area (Å²) in [5.74, 6) is 0.00572. The van der Waals surface area contributed by atoms with Gasteiger partial charge in [-0.3, -0.25) is 4.79 Å². The van der Waals surface area contributed by atoms with E-state index >= 15 is 0 Å². The molecule has 1 aliphatic heterocycles. The van der Waals surface area contributed by atoms with Gasteiger partial charge in [-0.25, -0.2) is 13.1 Å². The van der Waals surface area contributed by atoms with Crippen LogP contribution in [0.25, 0.3) is 5.69 Å². The highest BCUT2D eigenvalue weighted by molar-refractivity contribution is 7.91. The molecule has 0 aliphatic carbocycles. The minimum atomic E-state index is -3.02. The number of para-hydroxylation sites is 1. The van der Waals surface area contributed by atoms with Gasteiger partial charge >= 0.3 is 0 Å². The highest BCUT2D eigenvalue weighted by Gasteiger charge is 2.34. The van der Waals surface area contributed by atoms with Crippen LogP contribution < -0.4 is 0 Å². The van der Waals surface area contributed by atoms with Gasteiger partial charge in [0.2, 0.25) is 0 Å². The molecule has 0 bridgehead atoms. The molecule has 0 unspecified atom stereocenters. The van der Waals surface area contributed by atoms with Gasteiger partial charge in [-0.05, 0) is 31.9 Å². The Hall–Kier alpha value is -2.15. The van der Waals surface area contributed by atoms with Crippen molar-refractivity contribution in [3.8, 4) is 5.69 Å². The van der Waals surface area contributed by atoms with E-state index in [-0.39, 0.29) is 23.5 Å². The van der Waals surface area contributed by atoms with Gasteiger partial charge in [-0.1, -0.05) is 18.2 Å². The standard InChI is InChI=1S/C17H21N3O3S/c1-12-6-4-5-7-16(12)20-13(2)15(10-18-20)17(21)19(3)14-8-9-24(22,23)11-14/h4-7,10,14H,8-9,11H2,1-3H3/t14-/m0/s1. The topological polar surface area (TPSA) is 72.3 Å². The number of carbonyl (C=O) groups is 1. The van der Waals surface area contributed by atoms with E-state index in [1.54, 1.807) is 17.9 Å². The second-order valence-electron chi connectivity index (χ2n) is 6.31. The Morgan fingerprint density at radius 1 is 1.29 bits per heavy atom. The highest BCUT2D eigenvalue weighted by Crippen LogP contribution is 2.22. The number of aromatic nitrogens is 2. The molecule has 1 fully saturated rings. The number of nitrogens with zero attached hydrogens (tertiary/aromatic N) is 3. The van der Waals surface area contributed by atoms with Crippen LogP contribution in [0, 0.1) is 13.8 Å². The number of amides is 1. The molecule has 24 heavy (non-hydrogen) atoms. The van der Waals surface area contributed by atoms with E-state index in [1.165, 1.54) is 4.90 Å². The summed E-state index contributed by atoms with van der Waals surface area (Å²) in [5.41, 5.74) is 3.25. The summed E-state index contributed by atoms with van der Waals surface area (Å²) in [7, 11) is -1.36. The Morgan fingerprint density at radius 2 is 2.00 bits per heavy atom. The van der Waals surface area contributed by atoms with Gasteiger partial charge in [-0.2, -0.15) is 5.10 Å². The van der Waals surface area contributed by atoms with Gasteiger partial charge in [0.05, 0.1) is 34.6 Å². The van der Waals surface area contributed by atoms with Crippen molar-refractivity contribution < 1.29 is 13.2 Å². The molecule has 2 heterocycles. The van der Waals surface area contributed by atoms with Crippen molar-refractivity contribution in [1.29, 1.82) is 0 Å². The zero-order chi connectivity index (χ0) is 17.5. The van der Waals surface area contributed by atoms with Crippen LogP contribution in [-0.4, -0.2) is 53.6 Å². The van der Waals surface area contributed by atoms with Crippen molar-refractivity contribution in [2.24, 2.45) is 0 Å². The lowest BCUT2D eigenvalue weighted by Crippen LogP contribution is -2.38. The average molecular weight is 347 g/mol. The number of sulfone groups is 1. The Morgan fingerprint density at radius 3 is 2.62 bits per heavy atom. The highest BCUT2D eigenvalue weighted by atomic mass is 32.2. The first-order valence-electron chi connectivity index (χ1n) is 7.88. The number of rotatable bonds is 3. The molecular formula is C17H21N3O3S. The SMILES string of the molecule is Cc1ccccc1-n1ncc(C(=O)N(C)[C@H]2CCS(=O)(=O)C2)c1C. The first kappa shape index (κ1) is 16.7. The van der Waals surface area contributed by atoms with Gasteiger partial charge in [0, 0.05) is 13.1 Å². The Balaban J connectivity index is 1.88. The third-order valence-electron chi connectivity index (χ3n) is 4.66. The van der Waals surface area contributed by atoms with E-state index in [9.17, 15) is 13.2 Å².